The van der Waals surface area contributed by atoms with Gasteiger partial charge in [-0.25, -0.2) is 4.39 Å². The molecule has 1 saturated carbocycles. The summed E-state index contributed by atoms with van der Waals surface area (Å²) >= 11 is 0. The minimum Gasteiger partial charge on any atom is -0.481 e. The van der Waals surface area contributed by atoms with E-state index in [0.29, 0.717) is 17.8 Å². The molecule has 5 nitrogen and oxygen atoms in total. The minimum absolute atomic E-state index is 0.0203. The number of hydrogen-bond acceptors (Lipinski definition) is 3. The molecule has 0 bridgehead atoms. The lowest BCUT2D eigenvalue weighted by Gasteiger charge is -2.50. The lowest BCUT2D eigenvalue weighted by atomic mass is 9.54. The summed E-state index contributed by atoms with van der Waals surface area (Å²) < 4.78 is 13.9. The second kappa shape index (κ2) is 8.40. The summed E-state index contributed by atoms with van der Waals surface area (Å²) in [4.78, 5) is 26.8. The van der Waals surface area contributed by atoms with Gasteiger partial charge in [-0.1, -0.05) is 19.1 Å². The molecule has 4 atom stereocenters. The highest BCUT2D eigenvalue weighted by Crippen LogP contribution is 2.63. The number of benzene rings is 1. The molecular formula is C27H29FN2O3. The number of anilines is 1. The Morgan fingerprint density at radius 2 is 2.06 bits per heavy atom. The summed E-state index contributed by atoms with van der Waals surface area (Å²) in [7, 11) is 0. The second-order valence-corrected chi connectivity index (χ2v) is 9.97. The first-order valence-corrected chi connectivity index (χ1v) is 11.8. The van der Waals surface area contributed by atoms with Crippen molar-refractivity contribution in [2.75, 3.05) is 5.32 Å². The average molecular weight is 449 g/mol. The Kier molecular flexibility index (Phi) is 5.55. The predicted molar refractivity (Wildman–Crippen MR) is 124 cm³/mol. The van der Waals surface area contributed by atoms with Gasteiger partial charge in [0.15, 0.2) is 0 Å². The molecule has 0 spiro atoms. The number of nitrogens with one attached hydrogen (secondary N) is 1. The van der Waals surface area contributed by atoms with Gasteiger partial charge in [-0.3, -0.25) is 14.6 Å². The first-order valence-electron chi connectivity index (χ1n) is 11.8. The SMILES string of the molecule is C[C@]12CCC3c4ccc(NC(=O)CCC(=O)O)cc4CCC3C1CC=C2c1cncc(F)c1. The van der Waals surface area contributed by atoms with E-state index in [2.05, 4.69) is 35.4 Å². The molecule has 0 aliphatic heterocycles. The van der Waals surface area contributed by atoms with Crippen LogP contribution in [0.4, 0.5) is 10.1 Å². The van der Waals surface area contributed by atoms with Crippen LogP contribution in [0.3, 0.4) is 0 Å². The Hall–Kier alpha value is -3.02. The normalized spacial score (nSPS) is 27.7. The zero-order valence-corrected chi connectivity index (χ0v) is 18.8. The molecule has 5 rings (SSSR count). The van der Waals surface area contributed by atoms with E-state index in [0.717, 1.165) is 43.4 Å². The number of carboxylic acids is 1. The van der Waals surface area contributed by atoms with Gasteiger partial charge in [0.1, 0.15) is 5.82 Å². The maximum Gasteiger partial charge on any atom is 0.303 e. The third-order valence-electron chi connectivity index (χ3n) is 8.17. The summed E-state index contributed by atoms with van der Waals surface area (Å²) in [5.74, 6) is 0.106. The van der Waals surface area contributed by atoms with Crippen LogP contribution in [0.1, 0.15) is 68.1 Å². The maximum atomic E-state index is 13.9. The Bertz CT molecular complexity index is 1140. The highest BCUT2D eigenvalue weighted by molar-refractivity contribution is 5.92. The fourth-order valence-electron chi connectivity index (χ4n) is 6.68. The molecule has 1 fully saturated rings. The van der Waals surface area contributed by atoms with E-state index in [1.54, 1.807) is 12.3 Å². The van der Waals surface area contributed by atoms with Crippen molar-refractivity contribution in [3.8, 4) is 0 Å². The fourth-order valence-corrected chi connectivity index (χ4v) is 6.68. The molecule has 1 aromatic carbocycles. The van der Waals surface area contributed by atoms with Crippen LogP contribution >= 0.6 is 0 Å². The molecule has 6 heteroatoms. The van der Waals surface area contributed by atoms with Gasteiger partial charge in [0, 0.05) is 18.3 Å². The number of hydrogen-bond donors (Lipinski definition) is 2. The smallest absolute Gasteiger partial charge is 0.303 e. The molecule has 33 heavy (non-hydrogen) atoms. The number of amides is 1. The maximum absolute atomic E-state index is 13.9. The molecule has 0 radical (unpaired) electrons. The monoisotopic (exact) mass is 448 g/mol. The van der Waals surface area contributed by atoms with E-state index in [-0.39, 0.29) is 30.0 Å². The molecule has 0 saturated heterocycles. The number of rotatable bonds is 5. The first kappa shape index (κ1) is 21.8. The molecule has 1 heterocycles. The van der Waals surface area contributed by atoms with E-state index >= 15 is 0 Å². The molecule has 1 aromatic heterocycles. The molecule has 2 N–H and O–H groups in total. The van der Waals surface area contributed by atoms with Gasteiger partial charge < -0.3 is 10.4 Å². The van der Waals surface area contributed by atoms with Gasteiger partial charge in [-0.2, -0.15) is 0 Å². The van der Waals surface area contributed by atoms with Gasteiger partial charge in [0.25, 0.3) is 0 Å². The van der Waals surface area contributed by atoms with Crippen LogP contribution in [0.25, 0.3) is 5.57 Å². The highest BCUT2D eigenvalue weighted by atomic mass is 19.1. The molecule has 1 amide bonds. The largest absolute Gasteiger partial charge is 0.481 e. The van der Waals surface area contributed by atoms with Crippen molar-refractivity contribution in [2.24, 2.45) is 17.3 Å². The lowest BCUT2D eigenvalue weighted by molar-refractivity contribution is -0.138. The summed E-state index contributed by atoms with van der Waals surface area (Å²) in [6.07, 6.45) is 10.4. The Balaban J connectivity index is 1.33. The number of aliphatic carboxylic acids is 1. The third kappa shape index (κ3) is 3.96. The van der Waals surface area contributed by atoms with E-state index < -0.39 is 5.97 Å². The van der Waals surface area contributed by atoms with Gasteiger partial charge >= 0.3 is 5.97 Å². The number of pyridine rings is 1. The van der Waals surface area contributed by atoms with E-state index in [1.807, 2.05) is 6.07 Å². The van der Waals surface area contributed by atoms with Crippen molar-refractivity contribution in [3.63, 3.8) is 0 Å². The minimum atomic E-state index is -0.968. The number of nitrogens with zero attached hydrogens (tertiary/aromatic N) is 1. The molecular weight excluding hydrogens is 419 g/mol. The predicted octanol–water partition coefficient (Wildman–Crippen LogP) is 5.57. The summed E-state index contributed by atoms with van der Waals surface area (Å²) in [6.45, 7) is 2.35. The number of fused-ring (bicyclic) bond motifs is 5. The van der Waals surface area contributed by atoms with Crippen LogP contribution in [-0.2, 0) is 16.0 Å². The Morgan fingerprint density at radius 1 is 1.21 bits per heavy atom. The van der Waals surface area contributed by atoms with Crippen molar-refractivity contribution in [1.29, 1.82) is 0 Å². The first-order chi connectivity index (χ1) is 15.8. The molecule has 3 aliphatic rings. The number of aromatic nitrogens is 1. The number of aryl methyl sites for hydroxylation is 1. The van der Waals surface area contributed by atoms with Gasteiger partial charge in [0.05, 0.1) is 12.6 Å². The highest BCUT2D eigenvalue weighted by Gasteiger charge is 2.51. The van der Waals surface area contributed by atoms with Crippen molar-refractivity contribution in [3.05, 3.63) is 65.2 Å². The van der Waals surface area contributed by atoms with Crippen molar-refractivity contribution >= 4 is 23.1 Å². The van der Waals surface area contributed by atoms with E-state index in [4.69, 9.17) is 5.11 Å². The van der Waals surface area contributed by atoms with Crippen LogP contribution in [0.2, 0.25) is 0 Å². The summed E-state index contributed by atoms with van der Waals surface area (Å²) in [6, 6.07) is 7.78. The topological polar surface area (TPSA) is 79.3 Å². The number of allylic oxidation sites excluding steroid dienone is 2. The van der Waals surface area contributed by atoms with Gasteiger partial charge in [-0.15, -0.1) is 0 Å². The second-order valence-electron chi connectivity index (χ2n) is 9.97. The Morgan fingerprint density at radius 3 is 2.85 bits per heavy atom. The number of carboxylic acid groups (broad SMARTS) is 1. The van der Waals surface area contributed by atoms with Crippen molar-refractivity contribution in [2.45, 2.75) is 57.8 Å². The van der Waals surface area contributed by atoms with Gasteiger partial charge in [0.2, 0.25) is 5.91 Å². The van der Waals surface area contributed by atoms with Gasteiger partial charge in [-0.05, 0) is 95.7 Å². The zero-order chi connectivity index (χ0) is 23.2. The van der Waals surface area contributed by atoms with Crippen molar-refractivity contribution in [1.82, 2.24) is 4.98 Å². The zero-order valence-electron chi connectivity index (χ0n) is 18.8. The van der Waals surface area contributed by atoms with E-state index in [1.165, 1.54) is 22.9 Å². The van der Waals surface area contributed by atoms with Crippen LogP contribution in [0.5, 0.6) is 0 Å². The summed E-state index contributed by atoms with van der Waals surface area (Å²) in [5, 5.41) is 11.6. The molecule has 3 unspecified atom stereocenters. The number of carbonyl (C=O) groups is 2. The van der Waals surface area contributed by atoms with E-state index in [9.17, 15) is 14.0 Å². The van der Waals surface area contributed by atoms with Crippen LogP contribution < -0.4 is 5.32 Å². The lowest BCUT2D eigenvalue weighted by Crippen LogP contribution is -2.40. The van der Waals surface area contributed by atoms with Crippen LogP contribution in [-0.4, -0.2) is 22.0 Å². The van der Waals surface area contributed by atoms with Crippen molar-refractivity contribution < 1.29 is 19.1 Å². The third-order valence-corrected chi connectivity index (χ3v) is 8.17. The average Bonchev–Trinajstić information content (AvgIpc) is 3.14. The molecule has 2 aromatic rings. The van der Waals surface area contributed by atoms with Crippen LogP contribution in [0, 0.1) is 23.1 Å². The summed E-state index contributed by atoms with van der Waals surface area (Å²) in [5.41, 5.74) is 5.63. The molecule has 172 valence electrons. The fraction of sp³-hybridized carbons (Fsp3) is 0.444. The Labute approximate surface area is 193 Å². The standard InChI is InChI=1S/C27H29FN2O3/c1-27-11-10-21-20-5-3-19(30-25(31)8-9-26(32)33)13-16(20)2-4-22(21)24(27)7-6-23(27)17-12-18(28)15-29-14-17/h3,5-6,12-15,21-22,24H,2,4,7-11H2,1H3,(H,30,31)(H,32,33)/t21?,22?,24?,27-/m1/s1. The number of carbonyl (C=O) groups excluding carboxylic acids is 1. The molecule has 3 aliphatic carbocycles. The van der Waals surface area contributed by atoms with Crippen LogP contribution in [0.15, 0.2) is 42.7 Å². The quantitative estimate of drug-likeness (QED) is 0.626. The number of halogens is 1.